The van der Waals surface area contributed by atoms with E-state index in [2.05, 4.69) is 40.3 Å². The highest BCUT2D eigenvalue weighted by Gasteiger charge is 2.31. The lowest BCUT2D eigenvalue weighted by Gasteiger charge is -2.47. The molecule has 2 aromatic rings. The van der Waals surface area contributed by atoms with Crippen molar-refractivity contribution in [3.63, 3.8) is 0 Å². The summed E-state index contributed by atoms with van der Waals surface area (Å²) in [5, 5.41) is 8.06. The van der Waals surface area contributed by atoms with Gasteiger partial charge in [-0.15, -0.1) is 0 Å². The number of aryl methyl sites for hydroxylation is 1. The molecule has 6 nitrogen and oxygen atoms in total. The van der Waals surface area contributed by atoms with E-state index >= 15 is 0 Å². The third-order valence-electron chi connectivity index (χ3n) is 5.56. The van der Waals surface area contributed by atoms with Crippen molar-refractivity contribution in [3.8, 4) is 0 Å². The van der Waals surface area contributed by atoms with Crippen LogP contribution >= 0.6 is 0 Å². The van der Waals surface area contributed by atoms with E-state index in [4.69, 9.17) is 9.41 Å². The lowest BCUT2D eigenvalue weighted by atomic mass is 10.1. The van der Waals surface area contributed by atoms with Gasteiger partial charge in [-0.1, -0.05) is 18.2 Å². The number of aliphatic imine (C=N–C) groups is 1. The summed E-state index contributed by atoms with van der Waals surface area (Å²) in [6, 6.07) is 8.75. The Balaban J connectivity index is 1.41. The van der Waals surface area contributed by atoms with Gasteiger partial charge in [0.1, 0.15) is 17.9 Å². The number of para-hydroxylation sites is 1. The average molecular weight is 355 g/mol. The molecule has 6 heteroatoms. The normalized spacial score (nSPS) is 25.6. The number of hydrogen-bond acceptors (Lipinski definition) is 4. The molecule has 1 atom stereocenters. The molecule has 26 heavy (non-hydrogen) atoms. The third kappa shape index (κ3) is 3.57. The maximum absolute atomic E-state index is 5.98. The van der Waals surface area contributed by atoms with Crippen LogP contribution in [0.3, 0.4) is 0 Å². The number of guanidine groups is 1. The molecular weight excluding hydrogens is 326 g/mol. The zero-order valence-corrected chi connectivity index (χ0v) is 15.8. The van der Waals surface area contributed by atoms with Crippen LogP contribution < -0.4 is 10.6 Å². The number of furan rings is 1. The number of hydrogen-bond donors (Lipinski definition) is 2. The first-order valence-electron chi connectivity index (χ1n) is 9.70. The minimum Gasteiger partial charge on any atom is -0.459 e. The molecule has 140 valence electrons. The quantitative estimate of drug-likeness (QED) is 0.633. The van der Waals surface area contributed by atoms with Crippen molar-refractivity contribution in [3.05, 3.63) is 35.6 Å². The highest BCUT2D eigenvalue weighted by Crippen LogP contribution is 2.25. The monoisotopic (exact) mass is 355 g/mol. The first kappa shape index (κ1) is 17.4. The van der Waals surface area contributed by atoms with Gasteiger partial charge in [0.25, 0.3) is 0 Å². The van der Waals surface area contributed by atoms with Crippen LogP contribution in [0.2, 0.25) is 0 Å². The van der Waals surface area contributed by atoms with Crippen LogP contribution in [0.5, 0.6) is 0 Å². The van der Waals surface area contributed by atoms with E-state index in [-0.39, 0.29) is 0 Å². The summed E-state index contributed by atoms with van der Waals surface area (Å²) in [5.41, 5.74) is 2.12. The van der Waals surface area contributed by atoms with E-state index in [9.17, 15) is 0 Å². The lowest BCUT2D eigenvalue weighted by Crippen LogP contribution is -2.63. The molecule has 3 aliphatic rings. The molecule has 0 amide bonds. The van der Waals surface area contributed by atoms with Crippen molar-refractivity contribution < 1.29 is 4.42 Å². The van der Waals surface area contributed by atoms with E-state index < -0.39 is 0 Å². The van der Waals surface area contributed by atoms with Gasteiger partial charge < -0.3 is 15.1 Å². The Morgan fingerprint density at radius 2 is 2.00 bits per heavy atom. The molecule has 2 N–H and O–H groups in total. The summed E-state index contributed by atoms with van der Waals surface area (Å²) in [6.45, 7) is 12.5. The molecule has 1 aromatic carbocycles. The van der Waals surface area contributed by atoms with Crippen LogP contribution in [0, 0.1) is 6.92 Å². The van der Waals surface area contributed by atoms with Crippen LogP contribution in [0.15, 0.2) is 33.7 Å². The second-order valence-corrected chi connectivity index (χ2v) is 7.21. The molecule has 0 saturated carbocycles. The fourth-order valence-electron chi connectivity index (χ4n) is 4.00. The topological polar surface area (TPSA) is 56.0 Å². The molecule has 5 rings (SSSR count). The minimum atomic E-state index is 0.552. The Hall–Kier alpha value is -2.05. The van der Waals surface area contributed by atoms with E-state index in [1.54, 1.807) is 0 Å². The number of benzene rings is 1. The van der Waals surface area contributed by atoms with Gasteiger partial charge in [0.15, 0.2) is 5.96 Å². The number of fused-ring (bicyclic) bond motifs is 4. The average Bonchev–Trinajstić information content (AvgIpc) is 3.01. The maximum atomic E-state index is 5.98. The molecule has 3 saturated heterocycles. The standard InChI is InChI=1S/C20H29N5O/c1-3-21-20(22-12-16-14-24-8-10-25(16)11-9-24)23-13-19-15(2)17-6-4-5-7-18(17)26-19/h4-7,16H,3,8-14H2,1-2H3,(H2,21,22,23). The summed E-state index contributed by atoms with van der Waals surface area (Å²) in [5.74, 6) is 1.81. The minimum absolute atomic E-state index is 0.552. The molecule has 4 heterocycles. The van der Waals surface area contributed by atoms with Gasteiger partial charge in [-0.25, -0.2) is 4.99 Å². The molecule has 3 aliphatic heterocycles. The summed E-state index contributed by atoms with van der Waals surface area (Å²) in [4.78, 5) is 9.92. The van der Waals surface area contributed by atoms with Crippen molar-refractivity contribution in [2.75, 3.05) is 45.8 Å². The van der Waals surface area contributed by atoms with E-state index in [1.807, 2.05) is 18.2 Å². The molecule has 0 aliphatic carbocycles. The van der Waals surface area contributed by atoms with Gasteiger partial charge in [0, 0.05) is 62.8 Å². The van der Waals surface area contributed by atoms with Crippen molar-refractivity contribution >= 4 is 16.9 Å². The van der Waals surface area contributed by atoms with Crippen LogP contribution in [0.1, 0.15) is 18.2 Å². The summed E-state index contributed by atoms with van der Waals surface area (Å²) < 4.78 is 5.98. The zero-order chi connectivity index (χ0) is 17.9. The van der Waals surface area contributed by atoms with E-state index in [0.717, 1.165) is 36.9 Å². The van der Waals surface area contributed by atoms with Gasteiger partial charge >= 0.3 is 0 Å². The Kier molecular flexibility index (Phi) is 5.13. The third-order valence-corrected chi connectivity index (χ3v) is 5.56. The summed E-state index contributed by atoms with van der Waals surface area (Å²) >= 11 is 0. The Labute approximate surface area is 155 Å². The highest BCUT2D eigenvalue weighted by atomic mass is 16.3. The van der Waals surface area contributed by atoms with Crippen LogP contribution in [0.4, 0.5) is 0 Å². The SMILES string of the molecule is CCNC(=NCc1oc2ccccc2c1C)NCC1CN2CCN1CC2. The van der Waals surface area contributed by atoms with E-state index in [1.165, 1.54) is 37.1 Å². The van der Waals surface area contributed by atoms with Gasteiger partial charge in [0.2, 0.25) is 0 Å². The molecular formula is C20H29N5O. The van der Waals surface area contributed by atoms with Crippen LogP contribution in [-0.2, 0) is 6.54 Å². The smallest absolute Gasteiger partial charge is 0.191 e. The summed E-state index contributed by atoms with van der Waals surface area (Å²) in [6.07, 6.45) is 0. The van der Waals surface area contributed by atoms with Crippen molar-refractivity contribution in [2.24, 2.45) is 4.99 Å². The van der Waals surface area contributed by atoms with Gasteiger partial charge in [-0.05, 0) is 19.9 Å². The number of nitrogens with one attached hydrogen (secondary N) is 2. The Morgan fingerprint density at radius 1 is 1.19 bits per heavy atom. The predicted molar refractivity (Wildman–Crippen MR) is 106 cm³/mol. The van der Waals surface area contributed by atoms with Gasteiger partial charge in [-0.2, -0.15) is 0 Å². The number of rotatable bonds is 5. The number of piperazine rings is 3. The molecule has 2 bridgehead atoms. The molecule has 1 unspecified atom stereocenters. The first-order valence-corrected chi connectivity index (χ1v) is 9.70. The predicted octanol–water partition coefficient (Wildman–Crippen LogP) is 1.80. The lowest BCUT2D eigenvalue weighted by molar-refractivity contribution is 0.0154. The molecule has 1 aromatic heterocycles. The molecule has 3 fully saturated rings. The fourth-order valence-corrected chi connectivity index (χ4v) is 4.00. The second kappa shape index (κ2) is 7.68. The van der Waals surface area contributed by atoms with Crippen molar-refractivity contribution in [1.29, 1.82) is 0 Å². The second-order valence-electron chi connectivity index (χ2n) is 7.21. The zero-order valence-electron chi connectivity index (χ0n) is 15.8. The summed E-state index contributed by atoms with van der Waals surface area (Å²) in [7, 11) is 0. The van der Waals surface area contributed by atoms with Gasteiger partial charge in [0.05, 0.1) is 0 Å². The maximum Gasteiger partial charge on any atom is 0.191 e. The number of nitrogens with zero attached hydrogens (tertiary/aromatic N) is 3. The fraction of sp³-hybridized carbons (Fsp3) is 0.550. The first-order chi connectivity index (χ1) is 12.7. The van der Waals surface area contributed by atoms with Crippen LogP contribution in [0.25, 0.3) is 11.0 Å². The van der Waals surface area contributed by atoms with E-state index in [0.29, 0.717) is 12.6 Å². The molecule has 0 radical (unpaired) electrons. The molecule has 0 spiro atoms. The van der Waals surface area contributed by atoms with Crippen LogP contribution in [-0.4, -0.2) is 67.6 Å². The Bertz CT molecular complexity index is 776. The van der Waals surface area contributed by atoms with Crippen molar-refractivity contribution in [2.45, 2.75) is 26.4 Å². The van der Waals surface area contributed by atoms with Gasteiger partial charge in [-0.3, -0.25) is 9.80 Å². The Morgan fingerprint density at radius 3 is 2.69 bits per heavy atom. The largest absolute Gasteiger partial charge is 0.459 e. The highest BCUT2D eigenvalue weighted by molar-refractivity contribution is 5.82. The van der Waals surface area contributed by atoms with Crippen molar-refractivity contribution in [1.82, 2.24) is 20.4 Å².